The zero-order valence-corrected chi connectivity index (χ0v) is 10.2. The van der Waals surface area contributed by atoms with E-state index in [2.05, 4.69) is 12.2 Å². The summed E-state index contributed by atoms with van der Waals surface area (Å²) in [5, 5.41) is 3.55. The van der Waals surface area contributed by atoms with Gasteiger partial charge in [-0.3, -0.25) is 4.21 Å². The van der Waals surface area contributed by atoms with E-state index in [4.69, 9.17) is 0 Å². The Labute approximate surface area is 90.3 Å². The van der Waals surface area contributed by atoms with Crippen LogP contribution in [0, 0.1) is 5.92 Å². The van der Waals surface area contributed by atoms with E-state index in [0.717, 1.165) is 24.0 Å². The molecule has 0 radical (unpaired) electrons. The van der Waals surface area contributed by atoms with Crippen molar-refractivity contribution in [1.29, 1.82) is 0 Å². The lowest BCUT2D eigenvalue weighted by Crippen LogP contribution is -2.34. The largest absolute Gasteiger partial charge is 0.313 e. The van der Waals surface area contributed by atoms with Gasteiger partial charge in [0.1, 0.15) is 0 Å². The predicted molar refractivity (Wildman–Crippen MR) is 63.0 cm³/mol. The molecule has 2 atom stereocenters. The van der Waals surface area contributed by atoms with Crippen molar-refractivity contribution in [3.05, 3.63) is 0 Å². The molecule has 1 saturated carbocycles. The van der Waals surface area contributed by atoms with Gasteiger partial charge in [-0.05, 0) is 25.2 Å². The molecule has 1 aliphatic carbocycles. The first-order chi connectivity index (χ1) is 6.77. The molecule has 0 amide bonds. The Morgan fingerprint density at radius 3 is 2.64 bits per heavy atom. The molecule has 1 fully saturated rings. The molecule has 0 saturated heterocycles. The summed E-state index contributed by atoms with van der Waals surface area (Å²) < 4.78 is 11.2. The molecule has 2 unspecified atom stereocenters. The molecule has 0 aromatic carbocycles. The number of rotatable bonds is 8. The fraction of sp³-hybridized carbons (Fsp3) is 1.00. The third kappa shape index (κ3) is 4.56. The normalized spacial score (nSPS) is 20.7. The third-order valence-electron chi connectivity index (χ3n) is 2.85. The van der Waals surface area contributed by atoms with Crippen LogP contribution in [0.25, 0.3) is 0 Å². The van der Waals surface area contributed by atoms with E-state index in [-0.39, 0.29) is 0 Å². The van der Waals surface area contributed by atoms with Gasteiger partial charge in [0.05, 0.1) is 0 Å². The molecule has 2 nitrogen and oxygen atoms in total. The van der Waals surface area contributed by atoms with Crippen LogP contribution in [-0.2, 0) is 10.8 Å². The van der Waals surface area contributed by atoms with Gasteiger partial charge in [-0.25, -0.2) is 0 Å². The molecule has 0 bridgehead atoms. The Hall–Kier alpha value is 0.110. The van der Waals surface area contributed by atoms with E-state index >= 15 is 0 Å². The molecular formula is C11H23NOS. The molecular weight excluding hydrogens is 194 g/mol. The van der Waals surface area contributed by atoms with Crippen molar-refractivity contribution in [2.75, 3.05) is 18.1 Å². The van der Waals surface area contributed by atoms with Crippen LogP contribution in [-0.4, -0.2) is 28.3 Å². The van der Waals surface area contributed by atoms with Crippen molar-refractivity contribution in [2.45, 2.75) is 45.6 Å². The lowest BCUT2D eigenvalue weighted by atomic mass is 10.1. The lowest BCUT2D eigenvalue weighted by Gasteiger charge is -2.16. The first-order valence-electron chi connectivity index (χ1n) is 5.86. The molecule has 1 rings (SSSR count). The summed E-state index contributed by atoms with van der Waals surface area (Å²) in [7, 11) is -0.603. The molecule has 3 heteroatoms. The maximum Gasteiger partial charge on any atom is 0.0360 e. The zero-order chi connectivity index (χ0) is 10.4. The Morgan fingerprint density at radius 2 is 2.14 bits per heavy atom. The molecule has 0 aliphatic heterocycles. The molecule has 0 aromatic heterocycles. The maximum absolute atomic E-state index is 11.2. The molecule has 14 heavy (non-hydrogen) atoms. The van der Waals surface area contributed by atoms with Gasteiger partial charge in [-0.2, -0.15) is 0 Å². The average Bonchev–Trinajstić information content (AvgIpc) is 2.99. The maximum atomic E-state index is 11.2. The van der Waals surface area contributed by atoms with E-state index in [9.17, 15) is 4.21 Å². The predicted octanol–water partition coefficient (Wildman–Crippen LogP) is 1.92. The second kappa shape index (κ2) is 6.57. The Kier molecular flexibility index (Phi) is 5.71. The number of hydrogen-bond donors (Lipinski definition) is 1. The molecule has 1 aliphatic rings. The van der Waals surface area contributed by atoms with Crippen molar-refractivity contribution >= 4 is 10.8 Å². The van der Waals surface area contributed by atoms with Crippen LogP contribution < -0.4 is 5.32 Å². The van der Waals surface area contributed by atoms with Crippen LogP contribution in [0.3, 0.4) is 0 Å². The average molecular weight is 217 g/mol. The Bertz CT molecular complexity index is 180. The van der Waals surface area contributed by atoms with Crippen LogP contribution in [0.5, 0.6) is 0 Å². The van der Waals surface area contributed by atoms with Gasteiger partial charge in [-0.1, -0.05) is 20.3 Å². The van der Waals surface area contributed by atoms with Crippen LogP contribution in [0.15, 0.2) is 0 Å². The smallest absolute Gasteiger partial charge is 0.0360 e. The zero-order valence-electron chi connectivity index (χ0n) is 9.42. The van der Waals surface area contributed by atoms with Gasteiger partial charge in [0.2, 0.25) is 0 Å². The van der Waals surface area contributed by atoms with Crippen molar-refractivity contribution < 1.29 is 4.21 Å². The van der Waals surface area contributed by atoms with Crippen LogP contribution in [0.1, 0.15) is 39.5 Å². The Balaban J connectivity index is 2.10. The molecule has 0 aromatic rings. The number of hydrogen-bond acceptors (Lipinski definition) is 2. The molecule has 84 valence electrons. The van der Waals surface area contributed by atoms with Gasteiger partial charge in [0, 0.05) is 34.9 Å². The van der Waals surface area contributed by atoms with E-state index in [1.807, 2.05) is 6.92 Å². The van der Waals surface area contributed by atoms with Crippen molar-refractivity contribution in [3.63, 3.8) is 0 Å². The fourth-order valence-electron chi connectivity index (χ4n) is 1.82. The minimum absolute atomic E-state index is 0.603. The standard InChI is InChI=1S/C11H23NOS/c1-3-5-11(10-6-7-10)12-8-9-14(13)4-2/h10-12H,3-9H2,1-2H3. The van der Waals surface area contributed by atoms with E-state index in [0.29, 0.717) is 6.04 Å². The second-order valence-electron chi connectivity index (χ2n) is 4.12. The Morgan fingerprint density at radius 1 is 1.43 bits per heavy atom. The number of nitrogens with one attached hydrogen (secondary N) is 1. The third-order valence-corrected chi connectivity index (χ3v) is 4.15. The lowest BCUT2D eigenvalue weighted by molar-refractivity contribution is 0.442. The summed E-state index contributed by atoms with van der Waals surface area (Å²) in [4.78, 5) is 0. The molecule has 1 N–H and O–H groups in total. The highest BCUT2D eigenvalue weighted by molar-refractivity contribution is 7.84. The topological polar surface area (TPSA) is 29.1 Å². The van der Waals surface area contributed by atoms with E-state index in [1.165, 1.54) is 25.7 Å². The van der Waals surface area contributed by atoms with E-state index in [1.54, 1.807) is 0 Å². The van der Waals surface area contributed by atoms with Crippen molar-refractivity contribution in [1.82, 2.24) is 5.32 Å². The minimum Gasteiger partial charge on any atom is -0.313 e. The highest BCUT2D eigenvalue weighted by Gasteiger charge is 2.29. The minimum atomic E-state index is -0.603. The van der Waals surface area contributed by atoms with Gasteiger partial charge in [0.15, 0.2) is 0 Å². The van der Waals surface area contributed by atoms with E-state index < -0.39 is 10.8 Å². The molecule has 0 spiro atoms. The first-order valence-corrected chi connectivity index (χ1v) is 7.35. The van der Waals surface area contributed by atoms with Crippen LogP contribution >= 0.6 is 0 Å². The fourth-order valence-corrected chi connectivity index (χ4v) is 2.45. The van der Waals surface area contributed by atoms with Crippen LogP contribution in [0.4, 0.5) is 0 Å². The summed E-state index contributed by atoms with van der Waals surface area (Å²) in [6, 6.07) is 0.703. The van der Waals surface area contributed by atoms with Gasteiger partial charge < -0.3 is 5.32 Å². The first kappa shape index (κ1) is 12.2. The monoisotopic (exact) mass is 217 g/mol. The highest BCUT2D eigenvalue weighted by Crippen LogP contribution is 2.34. The van der Waals surface area contributed by atoms with Crippen molar-refractivity contribution in [3.8, 4) is 0 Å². The summed E-state index contributed by atoms with van der Waals surface area (Å²) in [6.45, 7) is 5.16. The summed E-state index contributed by atoms with van der Waals surface area (Å²) in [5.74, 6) is 2.54. The van der Waals surface area contributed by atoms with Crippen molar-refractivity contribution in [2.24, 2.45) is 5.92 Å². The second-order valence-corrected chi connectivity index (χ2v) is 5.98. The summed E-state index contributed by atoms with van der Waals surface area (Å²) in [6.07, 6.45) is 5.33. The van der Waals surface area contributed by atoms with Gasteiger partial charge in [-0.15, -0.1) is 0 Å². The summed E-state index contributed by atoms with van der Waals surface area (Å²) in [5.41, 5.74) is 0. The quantitative estimate of drug-likeness (QED) is 0.673. The summed E-state index contributed by atoms with van der Waals surface area (Å²) >= 11 is 0. The van der Waals surface area contributed by atoms with Gasteiger partial charge in [0.25, 0.3) is 0 Å². The van der Waals surface area contributed by atoms with Gasteiger partial charge >= 0.3 is 0 Å². The highest BCUT2D eigenvalue weighted by atomic mass is 32.2. The molecule has 0 heterocycles. The SMILES string of the molecule is CCCC(NCCS(=O)CC)C1CC1. The van der Waals surface area contributed by atoms with Crippen LogP contribution in [0.2, 0.25) is 0 Å².